The van der Waals surface area contributed by atoms with E-state index < -0.39 is 4.92 Å². The summed E-state index contributed by atoms with van der Waals surface area (Å²) in [4.78, 5) is 31.3. The largest absolute Gasteiger partial charge is 0.319 e. The van der Waals surface area contributed by atoms with Gasteiger partial charge in [-0.25, -0.2) is 4.98 Å². The molecular formula is C17H17N7O3S. The van der Waals surface area contributed by atoms with E-state index in [0.29, 0.717) is 22.2 Å². The molecule has 144 valence electrons. The number of aromatic nitrogens is 5. The fraction of sp³-hybridized carbons (Fsp3) is 0.235. The van der Waals surface area contributed by atoms with E-state index in [1.165, 1.54) is 17.8 Å². The van der Waals surface area contributed by atoms with Gasteiger partial charge in [0.1, 0.15) is 11.4 Å². The molecule has 1 amide bonds. The van der Waals surface area contributed by atoms with Gasteiger partial charge >= 0.3 is 0 Å². The summed E-state index contributed by atoms with van der Waals surface area (Å²) in [6.45, 7) is 3.49. The van der Waals surface area contributed by atoms with Crippen molar-refractivity contribution in [2.75, 3.05) is 11.1 Å². The molecule has 1 aromatic carbocycles. The van der Waals surface area contributed by atoms with Crippen LogP contribution in [0.2, 0.25) is 0 Å². The van der Waals surface area contributed by atoms with Gasteiger partial charge in [0, 0.05) is 25.5 Å². The molecule has 0 atom stereocenters. The first-order chi connectivity index (χ1) is 13.4. The number of hydrogen-bond donors (Lipinski definition) is 1. The van der Waals surface area contributed by atoms with Crippen LogP contribution in [0.3, 0.4) is 0 Å². The highest BCUT2D eigenvalue weighted by molar-refractivity contribution is 7.99. The zero-order valence-electron chi connectivity index (χ0n) is 15.4. The minimum absolute atomic E-state index is 0.0247. The van der Waals surface area contributed by atoms with Crippen molar-refractivity contribution in [2.24, 2.45) is 7.05 Å². The summed E-state index contributed by atoms with van der Waals surface area (Å²) in [7, 11) is 1.76. The summed E-state index contributed by atoms with van der Waals surface area (Å²) in [5.41, 5.74) is 2.04. The lowest BCUT2D eigenvalue weighted by atomic mass is 10.1. The normalized spacial score (nSPS) is 10.7. The number of nitro benzene ring substituents is 1. The molecule has 3 rings (SSSR count). The van der Waals surface area contributed by atoms with Crippen LogP contribution in [-0.2, 0) is 11.8 Å². The predicted molar refractivity (Wildman–Crippen MR) is 104 cm³/mol. The van der Waals surface area contributed by atoms with Crippen molar-refractivity contribution in [3.63, 3.8) is 0 Å². The Bertz CT molecular complexity index is 1040. The second-order valence-corrected chi connectivity index (χ2v) is 6.97. The van der Waals surface area contributed by atoms with Gasteiger partial charge in [0.2, 0.25) is 5.91 Å². The molecule has 10 nitrogen and oxygen atoms in total. The molecule has 1 N–H and O–H groups in total. The molecular weight excluding hydrogens is 382 g/mol. The van der Waals surface area contributed by atoms with E-state index in [-0.39, 0.29) is 23.0 Å². The molecule has 0 aliphatic rings. The number of rotatable bonds is 6. The Balaban J connectivity index is 1.71. The molecule has 0 aliphatic carbocycles. The molecule has 0 radical (unpaired) electrons. The van der Waals surface area contributed by atoms with Crippen LogP contribution < -0.4 is 5.32 Å². The van der Waals surface area contributed by atoms with Gasteiger partial charge in [-0.3, -0.25) is 19.9 Å². The first kappa shape index (κ1) is 19.4. The molecule has 28 heavy (non-hydrogen) atoms. The van der Waals surface area contributed by atoms with Crippen molar-refractivity contribution in [2.45, 2.75) is 19.0 Å². The number of benzene rings is 1. The second-order valence-electron chi connectivity index (χ2n) is 6.03. The van der Waals surface area contributed by atoms with Crippen molar-refractivity contribution >= 4 is 29.0 Å². The minimum Gasteiger partial charge on any atom is -0.319 e. The molecule has 3 aromatic rings. The minimum atomic E-state index is -0.501. The van der Waals surface area contributed by atoms with Crippen LogP contribution >= 0.6 is 11.8 Å². The van der Waals surface area contributed by atoms with Crippen LogP contribution in [0, 0.1) is 24.0 Å². The summed E-state index contributed by atoms with van der Waals surface area (Å²) >= 11 is 1.17. The van der Waals surface area contributed by atoms with Crippen molar-refractivity contribution in [1.29, 1.82) is 0 Å². The molecule has 0 unspecified atom stereocenters. The fourth-order valence-electron chi connectivity index (χ4n) is 2.64. The highest BCUT2D eigenvalue weighted by Gasteiger charge is 2.20. The van der Waals surface area contributed by atoms with Crippen LogP contribution in [-0.4, -0.2) is 41.3 Å². The van der Waals surface area contributed by atoms with Crippen LogP contribution in [0.4, 0.5) is 11.4 Å². The van der Waals surface area contributed by atoms with Crippen LogP contribution in [0.5, 0.6) is 0 Å². The maximum Gasteiger partial charge on any atom is 0.293 e. The van der Waals surface area contributed by atoms with E-state index in [0.717, 1.165) is 5.56 Å². The third-order valence-corrected chi connectivity index (χ3v) is 4.90. The Kier molecular flexibility index (Phi) is 5.64. The van der Waals surface area contributed by atoms with Crippen LogP contribution in [0.1, 0.15) is 11.1 Å². The predicted octanol–water partition coefficient (Wildman–Crippen LogP) is 2.53. The zero-order valence-corrected chi connectivity index (χ0v) is 16.2. The average Bonchev–Trinajstić information content (AvgIpc) is 3.03. The SMILES string of the molecule is Cc1cc(C)c(NC(=O)CSc2nnc(-c3cnccn3)n2C)c([N+](=O)[O-])c1. The topological polar surface area (TPSA) is 129 Å². The smallest absolute Gasteiger partial charge is 0.293 e. The highest BCUT2D eigenvalue weighted by Crippen LogP contribution is 2.30. The van der Waals surface area contributed by atoms with E-state index in [9.17, 15) is 14.9 Å². The lowest BCUT2D eigenvalue weighted by molar-refractivity contribution is -0.384. The number of nitrogens with one attached hydrogen (secondary N) is 1. The first-order valence-corrected chi connectivity index (χ1v) is 9.19. The van der Waals surface area contributed by atoms with Crippen molar-refractivity contribution < 1.29 is 9.72 Å². The highest BCUT2D eigenvalue weighted by atomic mass is 32.2. The third-order valence-electron chi connectivity index (χ3n) is 3.88. The van der Waals surface area contributed by atoms with Gasteiger partial charge < -0.3 is 9.88 Å². The second kappa shape index (κ2) is 8.13. The summed E-state index contributed by atoms with van der Waals surface area (Å²) < 4.78 is 1.71. The molecule has 0 fully saturated rings. The number of carbonyl (C=O) groups excluding carboxylic acids is 1. The molecule has 0 saturated heterocycles. The maximum atomic E-state index is 12.4. The lowest BCUT2D eigenvalue weighted by Gasteiger charge is -2.10. The third kappa shape index (κ3) is 4.14. The number of amides is 1. The van der Waals surface area contributed by atoms with Crippen molar-refractivity contribution in [3.05, 3.63) is 52.0 Å². The lowest BCUT2D eigenvalue weighted by Crippen LogP contribution is -2.16. The molecule has 2 heterocycles. The summed E-state index contributed by atoms with van der Waals surface area (Å²) in [5, 5.41) is 22.6. The Morgan fingerprint density at radius 3 is 2.75 bits per heavy atom. The number of anilines is 1. The summed E-state index contributed by atoms with van der Waals surface area (Å²) in [6, 6.07) is 3.22. The summed E-state index contributed by atoms with van der Waals surface area (Å²) in [5.74, 6) is 0.182. The monoisotopic (exact) mass is 399 g/mol. The van der Waals surface area contributed by atoms with E-state index >= 15 is 0 Å². The molecule has 11 heteroatoms. The quantitative estimate of drug-likeness (QED) is 0.380. The molecule has 0 aliphatic heterocycles. The van der Waals surface area contributed by atoms with Gasteiger partial charge in [-0.2, -0.15) is 0 Å². The Morgan fingerprint density at radius 1 is 1.29 bits per heavy atom. The van der Waals surface area contributed by atoms with E-state index in [4.69, 9.17) is 0 Å². The maximum absolute atomic E-state index is 12.4. The Labute approximate surface area is 164 Å². The van der Waals surface area contributed by atoms with Crippen molar-refractivity contribution in [3.8, 4) is 11.5 Å². The number of aryl methyl sites for hydroxylation is 2. The van der Waals surface area contributed by atoms with E-state index in [1.807, 2.05) is 0 Å². The van der Waals surface area contributed by atoms with Crippen molar-refractivity contribution in [1.82, 2.24) is 24.7 Å². The number of nitrogens with zero attached hydrogens (tertiary/aromatic N) is 6. The van der Waals surface area contributed by atoms with Gasteiger partial charge in [0.15, 0.2) is 11.0 Å². The van der Waals surface area contributed by atoms with E-state index in [2.05, 4.69) is 25.5 Å². The molecule has 0 bridgehead atoms. The molecule has 0 spiro atoms. The van der Waals surface area contributed by atoms with E-state index in [1.54, 1.807) is 50.1 Å². The van der Waals surface area contributed by atoms with Gasteiger partial charge in [0.25, 0.3) is 5.69 Å². The van der Waals surface area contributed by atoms with Crippen LogP contribution in [0.15, 0.2) is 35.9 Å². The van der Waals surface area contributed by atoms with Crippen LogP contribution in [0.25, 0.3) is 11.5 Å². The number of carbonyl (C=O) groups is 1. The number of hydrogen-bond acceptors (Lipinski definition) is 8. The number of thioether (sulfide) groups is 1. The Hall–Kier alpha value is -3.34. The standard InChI is InChI=1S/C17H17N7O3S/c1-10-6-11(2)15(13(7-10)24(26)27)20-14(25)9-28-17-22-21-16(23(17)3)12-8-18-4-5-19-12/h4-8H,9H2,1-3H3,(H,20,25). The van der Waals surface area contributed by atoms with Gasteiger partial charge in [-0.05, 0) is 25.0 Å². The molecule has 2 aromatic heterocycles. The average molecular weight is 399 g/mol. The fourth-order valence-corrected chi connectivity index (χ4v) is 3.35. The molecule has 0 saturated carbocycles. The summed E-state index contributed by atoms with van der Waals surface area (Å²) in [6.07, 6.45) is 4.69. The first-order valence-electron chi connectivity index (χ1n) is 8.21. The zero-order chi connectivity index (χ0) is 20.3. The van der Waals surface area contributed by atoms with Gasteiger partial charge in [-0.1, -0.05) is 17.8 Å². The van der Waals surface area contributed by atoms with Gasteiger partial charge in [0.05, 0.1) is 16.9 Å². The van der Waals surface area contributed by atoms with Gasteiger partial charge in [-0.15, -0.1) is 10.2 Å². The Morgan fingerprint density at radius 2 is 2.07 bits per heavy atom. The number of nitro groups is 1.